The Morgan fingerprint density at radius 2 is 1.91 bits per heavy atom. The largest absolute Gasteiger partial charge is 0.462 e. The average Bonchev–Trinajstić information content (AvgIpc) is 2.50. The summed E-state index contributed by atoms with van der Waals surface area (Å²) in [4.78, 5) is 21.5. The zero-order chi connectivity index (χ0) is 17.3. The normalized spacial score (nSPS) is 21.1. The van der Waals surface area contributed by atoms with Crippen LogP contribution in [0.3, 0.4) is 0 Å². The molecule has 1 aliphatic heterocycles. The number of carbonyl (C=O) groups is 2. The topological polar surface area (TPSA) is 55.4 Å². The molecule has 0 aliphatic carbocycles. The highest BCUT2D eigenvalue weighted by atomic mass is 16.5. The number of piperidine rings is 1. The smallest absolute Gasteiger partial charge is 0.293 e. The summed E-state index contributed by atoms with van der Waals surface area (Å²) >= 11 is 0. The number of benzene rings is 1. The summed E-state index contributed by atoms with van der Waals surface area (Å²) in [5, 5.41) is 3.45. The first kappa shape index (κ1) is 19.4. The van der Waals surface area contributed by atoms with Crippen molar-refractivity contribution in [3.8, 4) is 0 Å². The lowest BCUT2D eigenvalue weighted by molar-refractivity contribution is -0.138. The van der Waals surface area contributed by atoms with E-state index in [1.807, 2.05) is 39.0 Å². The maximum Gasteiger partial charge on any atom is 0.293 e. The molecule has 1 fully saturated rings. The van der Waals surface area contributed by atoms with Gasteiger partial charge in [-0.15, -0.1) is 0 Å². The molecule has 1 aliphatic rings. The lowest BCUT2D eigenvalue weighted by atomic mass is 9.87. The fourth-order valence-corrected chi connectivity index (χ4v) is 2.42. The lowest BCUT2D eigenvalue weighted by Crippen LogP contribution is -2.44. The van der Waals surface area contributed by atoms with E-state index in [2.05, 4.69) is 29.1 Å². The van der Waals surface area contributed by atoms with Crippen molar-refractivity contribution in [1.29, 1.82) is 0 Å². The Morgan fingerprint density at radius 1 is 1.26 bits per heavy atom. The Bertz CT molecular complexity index is 479. The van der Waals surface area contributed by atoms with Crippen LogP contribution in [-0.2, 0) is 20.7 Å². The molecule has 0 saturated carbocycles. The number of carbonyl (C=O) groups excluding carboxylic acids is 2. The third-order valence-electron chi connectivity index (χ3n) is 3.78. The minimum atomic E-state index is -0.318. The van der Waals surface area contributed by atoms with Crippen molar-refractivity contribution in [2.75, 3.05) is 6.54 Å². The van der Waals surface area contributed by atoms with Gasteiger partial charge >= 0.3 is 0 Å². The maximum atomic E-state index is 11.9. The molecule has 1 N–H and O–H groups in total. The molecule has 2 rings (SSSR count). The number of Topliss-reactive ketones (excluding diaryl/α,β-unsaturated/α-hetero) is 1. The van der Waals surface area contributed by atoms with E-state index in [9.17, 15) is 9.59 Å². The molecule has 23 heavy (non-hydrogen) atoms. The van der Waals surface area contributed by atoms with Gasteiger partial charge < -0.3 is 10.1 Å². The van der Waals surface area contributed by atoms with Crippen molar-refractivity contribution in [2.24, 2.45) is 5.92 Å². The minimum absolute atomic E-state index is 0.171. The van der Waals surface area contributed by atoms with Gasteiger partial charge in [0.25, 0.3) is 6.47 Å². The summed E-state index contributed by atoms with van der Waals surface area (Å²) < 4.78 is 4.55. The molecule has 1 aromatic rings. The molecule has 128 valence electrons. The zero-order valence-electron chi connectivity index (χ0n) is 14.7. The molecule has 1 heterocycles. The van der Waals surface area contributed by atoms with E-state index in [1.165, 1.54) is 5.56 Å². The molecular weight excluding hydrogens is 290 g/mol. The first-order valence-electron chi connectivity index (χ1n) is 8.27. The summed E-state index contributed by atoms with van der Waals surface area (Å²) in [6.45, 7) is 8.89. The van der Waals surface area contributed by atoms with Crippen LogP contribution in [0.25, 0.3) is 0 Å². The maximum absolute atomic E-state index is 11.9. The third-order valence-corrected chi connectivity index (χ3v) is 3.78. The molecule has 2 atom stereocenters. The van der Waals surface area contributed by atoms with Gasteiger partial charge in [0, 0.05) is 24.9 Å². The number of nitrogens with one attached hydrogen (secondary N) is 1. The van der Waals surface area contributed by atoms with Gasteiger partial charge in [-0.25, -0.2) is 0 Å². The van der Waals surface area contributed by atoms with Crippen LogP contribution >= 0.6 is 0 Å². The number of hydrogen-bond acceptors (Lipinski definition) is 4. The van der Waals surface area contributed by atoms with Crippen molar-refractivity contribution in [2.45, 2.75) is 58.6 Å². The fourth-order valence-electron chi connectivity index (χ4n) is 2.42. The lowest BCUT2D eigenvalue weighted by Gasteiger charge is -2.28. The number of ether oxygens (including phenoxy) is 1. The first-order chi connectivity index (χ1) is 10.9. The molecule has 1 aromatic carbocycles. The molecule has 0 bridgehead atoms. The van der Waals surface area contributed by atoms with Crippen LogP contribution in [0.5, 0.6) is 0 Å². The van der Waals surface area contributed by atoms with Crippen molar-refractivity contribution >= 4 is 12.3 Å². The molecule has 0 amide bonds. The SMILES string of the molecule is CC(C)(C)OC=O.CCC1CC(=O)C(Cc2ccccc2)CN1. The first-order valence-corrected chi connectivity index (χ1v) is 8.27. The van der Waals surface area contributed by atoms with Crippen LogP contribution in [0.15, 0.2) is 30.3 Å². The summed E-state index contributed by atoms with van der Waals surface area (Å²) in [5.74, 6) is 0.597. The van der Waals surface area contributed by atoms with Gasteiger partial charge in [0.1, 0.15) is 11.4 Å². The molecular formula is C19H29NO3. The third kappa shape index (κ3) is 7.93. The van der Waals surface area contributed by atoms with Gasteiger partial charge in [-0.2, -0.15) is 0 Å². The molecule has 2 unspecified atom stereocenters. The Morgan fingerprint density at radius 3 is 2.35 bits per heavy atom. The van der Waals surface area contributed by atoms with Gasteiger partial charge in [0.15, 0.2) is 0 Å². The Hall–Kier alpha value is -1.68. The number of ketones is 1. The van der Waals surface area contributed by atoms with E-state index < -0.39 is 0 Å². The zero-order valence-corrected chi connectivity index (χ0v) is 14.7. The Balaban J connectivity index is 0.000000322. The second-order valence-corrected chi connectivity index (χ2v) is 6.90. The van der Waals surface area contributed by atoms with Gasteiger partial charge in [-0.3, -0.25) is 9.59 Å². The molecule has 0 radical (unpaired) electrons. The molecule has 1 saturated heterocycles. The standard InChI is InChI=1S/C14H19NO.C5H10O2/c1-2-13-9-14(16)12(10-15-13)8-11-6-4-3-5-7-11;1-5(2,3)7-4-6/h3-7,12-13,15H,2,8-10H2,1H3;4H,1-3H3. The van der Waals surface area contributed by atoms with Gasteiger partial charge in [0.2, 0.25) is 0 Å². The van der Waals surface area contributed by atoms with E-state index in [1.54, 1.807) is 0 Å². The highest BCUT2D eigenvalue weighted by Gasteiger charge is 2.26. The van der Waals surface area contributed by atoms with Crippen LogP contribution in [0.4, 0.5) is 0 Å². The monoisotopic (exact) mass is 319 g/mol. The van der Waals surface area contributed by atoms with Gasteiger partial charge in [-0.05, 0) is 39.2 Å². The number of rotatable bonds is 4. The van der Waals surface area contributed by atoms with Gasteiger partial charge in [0.05, 0.1) is 0 Å². The molecule has 0 aromatic heterocycles. The van der Waals surface area contributed by atoms with Crippen molar-refractivity contribution in [3.05, 3.63) is 35.9 Å². The van der Waals surface area contributed by atoms with Crippen LogP contribution in [-0.4, -0.2) is 30.4 Å². The predicted octanol–water partition coefficient (Wildman–Crippen LogP) is 3.14. The van der Waals surface area contributed by atoms with E-state index >= 15 is 0 Å². The van der Waals surface area contributed by atoms with E-state index in [0.29, 0.717) is 24.7 Å². The molecule has 4 heteroatoms. The Kier molecular flexibility index (Phi) is 7.96. The predicted molar refractivity (Wildman–Crippen MR) is 92.2 cm³/mol. The highest BCUT2D eigenvalue weighted by Crippen LogP contribution is 2.17. The molecule has 0 spiro atoms. The van der Waals surface area contributed by atoms with Crippen LogP contribution in [0, 0.1) is 5.92 Å². The van der Waals surface area contributed by atoms with E-state index in [4.69, 9.17) is 0 Å². The van der Waals surface area contributed by atoms with Crippen molar-refractivity contribution < 1.29 is 14.3 Å². The van der Waals surface area contributed by atoms with E-state index in [0.717, 1.165) is 19.4 Å². The Labute approximate surface area is 139 Å². The van der Waals surface area contributed by atoms with Crippen molar-refractivity contribution in [3.63, 3.8) is 0 Å². The van der Waals surface area contributed by atoms with E-state index in [-0.39, 0.29) is 11.5 Å². The summed E-state index contributed by atoms with van der Waals surface area (Å²) in [6.07, 6.45) is 2.63. The van der Waals surface area contributed by atoms with Crippen LogP contribution in [0.1, 0.15) is 46.1 Å². The summed E-state index contributed by atoms with van der Waals surface area (Å²) in [7, 11) is 0. The van der Waals surface area contributed by atoms with Crippen LogP contribution < -0.4 is 5.32 Å². The fraction of sp³-hybridized carbons (Fsp3) is 0.579. The van der Waals surface area contributed by atoms with Crippen molar-refractivity contribution in [1.82, 2.24) is 5.32 Å². The number of hydrogen-bond donors (Lipinski definition) is 1. The molecule has 4 nitrogen and oxygen atoms in total. The second kappa shape index (κ2) is 9.46. The van der Waals surface area contributed by atoms with Gasteiger partial charge in [-0.1, -0.05) is 37.3 Å². The minimum Gasteiger partial charge on any atom is -0.462 e. The second-order valence-electron chi connectivity index (χ2n) is 6.90. The average molecular weight is 319 g/mol. The summed E-state index contributed by atoms with van der Waals surface area (Å²) in [6, 6.07) is 10.7. The summed E-state index contributed by atoms with van der Waals surface area (Å²) in [5.41, 5.74) is 0.944. The quantitative estimate of drug-likeness (QED) is 0.866. The highest BCUT2D eigenvalue weighted by molar-refractivity contribution is 5.82. The van der Waals surface area contributed by atoms with Crippen LogP contribution in [0.2, 0.25) is 0 Å².